The van der Waals surface area contributed by atoms with Crippen LogP contribution in [0.5, 0.6) is 0 Å². The fraction of sp³-hybridized carbons (Fsp3) is 0.333. The average Bonchev–Trinajstić information content (AvgIpc) is 3.18. The number of rotatable bonds is 2. The average molecular weight is 366 g/mol. The smallest absolute Gasteiger partial charge is 0.260 e. The Balaban J connectivity index is 1.44. The number of carbonyl (C=O) groups excluding carboxylic acids is 1. The molecule has 0 atom stereocenters. The maximum atomic E-state index is 13.1. The van der Waals surface area contributed by atoms with E-state index in [-0.39, 0.29) is 11.7 Å². The van der Waals surface area contributed by atoms with Crippen LogP contribution in [0.3, 0.4) is 0 Å². The number of nitrogens with zero attached hydrogens (tertiary/aromatic N) is 4. The van der Waals surface area contributed by atoms with Crippen LogP contribution in [0.2, 0.25) is 0 Å². The minimum atomic E-state index is -0.219. The van der Waals surface area contributed by atoms with E-state index in [1.54, 1.807) is 4.90 Å². The van der Waals surface area contributed by atoms with Gasteiger partial charge in [0.1, 0.15) is 5.82 Å². The number of guanidine groups is 1. The molecule has 140 valence electrons. The molecule has 0 radical (unpaired) electrons. The summed E-state index contributed by atoms with van der Waals surface area (Å²) in [5.41, 5.74) is 2.74. The van der Waals surface area contributed by atoms with Gasteiger partial charge in [-0.2, -0.15) is 0 Å². The van der Waals surface area contributed by atoms with Crippen LogP contribution >= 0.6 is 0 Å². The standard InChI is InChI=1S/C21H23FN4O/c1-16-4-2-3-5-19(16)20(27)26-11-10-23-21(26)25-14-12-24(13-15-25)18-8-6-17(22)7-9-18/h2-9H,10-15H2,1H3. The van der Waals surface area contributed by atoms with E-state index >= 15 is 0 Å². The Morgan fingerprint density at radius 2 is 1.59 bits per heavy atom. The number of anilines is 1. The number of benzene rings is 2. The van der Waals surface area contributed by atoms with Crippen molar-refractivity contribution in [1.82, 2.24) is 9.80 Å². The number of hydrogen-bond donors (Lipinski definition) is 0. The van der Waals surface area contributed by atoms with E-state index in [4.69, 9.17) is 0 Å². The van der Waals surface area contributed by atoms with Crippen molar-refractivity contribution in [3.8, 4) is 0 Å². The van der Waals surface area contributed by atoms with E-state index in [0.717, 1.165) is 49.0 Å². The number of aliphatic imine (C=N–C) groups is 1. The molecule has 1 amide bonds. The lowest BCUT2D eigenvalue weighted by atomic mass is 10.1. The molecule has 27 heavy (non-hydrogen) atoms. The molecule has 2 aliphatic rings. The fourth-order valence-electron chi connectivity index (χ4n) is 3.67. The van der Waals surface area contributed by atoms with Gasteiger partial charge in [-0.25, -0.2) is 4.39 Å². The number of aryl methyl sites for hydroxylation is 1. The van der Waals surface area contributed by atoms with E-state index in [2.05, 4.69) is 14.8 Å². The van der Waals surface area contributed by atoms with Crippen molar-refractivity contribution in [3.63, 3.8) is 0 Å². The molecule has 2 aromatic rings. The highest BCUT2D eigenvalue weighted by Crippen LogP contribution is 2.20. The molecule has 0 aliphatic carbocycles. The second-order valence-corrected chi connectivity index (χ2v) is 6.90. The van der Waals surface area contributed by atoms with Gasteiger partial charge in [0.15, 0.2) is 0 Å². The number of hydrogen-bond acceptors (Lipinski definition) is 4. The normalized spacial score (nSPS) is 17.3. The Labute approximate surface area is 158 Å². The lowest BCUT2D eigenvalue weighted by molar-refractivity contribution is 0.0842. The Bertz CT molecular complexity index is 857. The maximum Gasteiger partial charge on any atom is 0.260 e. The Morgan fingerprint density at radius 3 is 2.30 bits per heavy atom. The predicted octanol–water partition coefficient (Wildman–Crippen LogP) is 2.77. The zero-order valence-electron chi connectivity index (χ0n) is 15.4. The number of piperazine rings is 1. The van der Waals surface area contributed by atoms with Crippen LogP contribution in [-0.4, -0.2) is 60.9 Å². The van der Waals surface area contributed by atoms with Crippen molar-refractivity contribution < 1.29 is 9.18 Å². The highest BCUT2D eigenvalue weighted by molar-refractivity contribution is 6.07. The van der Waals surface area contributed by atoms with Gasteiger partial charge in [-0.15, -0.1) is 0 Å². The van der Waals surface area contributed by atoms with E-state index < -0.39 is 0 Å². The van der Waals surface area contributed by atoms with Crippen molar-refractivity contribution in [1.29, 1.82) is 0 Å². The van der Waals surface area contributed by atoms with E-state index in [9.17, 15) is 9.18 Å². The maximum absolute atomic E-state index is 13.1. The summed E-state index contributed by atoms with van der Waals surface area (Å²) in [6, 6.07) is 14.3. The van der Waals surface area contributed by atoms with E-state index in [1.165, 1.54) is 12.1 Å². The largest absolute Gasteiger partial charge is 0.368 e. The molecule has 1 saturated heterocycles. The SMILES string of the molecule is Cc1ccccc1C(=O)N1CCN=C1N1CCN(c2ccc(F)cc2)CC1. The summed E-state index contributed by atoms with van der Waals surface area (Å²) >= 11 is 0. The molecular weight excluding hydrogens is 343 g/mol. The lowest BCUT2D eigenvalue weighted by Gasteiger charge is -2.38. The third kappa shape index (κ3) is 3.52. The zero-order chi connectivity index (χ0) is 18.8. The molecule has 2 heterocycles. The first-order valence-electron chi connectivity index (χ1n) is 9.31. The molecular formula is C21H23FN4O. The van der Waals surface area contributed by atoms with Gasteiger partial charge in [-0.05, 0) is 42.8 Å². The molecule has 6 heteroatoms. The van der Waals surface area contributed by atoms with Crippen LogP contribution in [-0.2, 0) is 0 Å². The summed E-state index contributed by atoms with van der Waals surface area (Å²) in [4.78, 5) is 23.8. The van der Waals surface area contributed by atoms with Crippen LogP contribution in [0.15, 0.2) is 53.5 Å². The van der Waals surface area contributed by atoms with Crippen molar-refractivity contribution in [2.75, 3.05) is 44.2 Å². The topological polar surface area (TPSA) is 39.2 Å². The third-order valence-electron chi connectivity index (χ3n) is 5.19. The highest BCUT2D eigenvalue weighted by Gasteiger charge is 2.31. The monoisotopic (exact) mass is 366 g/mol. The first kappa shape index (κ1) is 17.5. The third-order valence-corrected chi connectivity index (χ3v) is 5.19. The minimum Gasteiger partial charge on any atom is -0.368 e. The molecule has 0 unspecified atom stereocenters. The summed E-state index contributed by atoms with van der Waals surface area (Å²) in [6.45, 7) is 6.43. The van der Waals surface area contributed by atoms with Gasteiger partial charge >= 0.3 is 0 Å². The Kier molecular flexibility index (Phi) is 4.79. The molecule has 0 saturated carbocycles. The number of carbonyl (C=O) groups is 1. The van der Waals surface area contributed by atoms with Crippen LogP contribution in [0.25, 0.3) is 0 Å². The van der Waals surface area contributed by atoms with Gasteiger partial charge in [-0.3, -0.25) is 14.7 Å². The molecule has 0 N–H and O–H groups in total. The predicted molar refractivity (Wildman–Crippen MR) is 105 cm³/mol. The number of halogens is 1. The second kappa shape index (κ2) is 7.39. The molecule has 0 aromatic heterocycles. The van der Waals surface area contributed by atoms with Gasteiger partial charge in [-0.1, -0.05) is 18.2 Å². The minimum absolute atomic E-state index is 0.0188. The van der Waals surface area contributed by atoms with Crippen LogP contribution in [0.4, 0.5) is 10.1 Å². The van der Waals surface area contributed by atoms with Gasteiger partial charge < -0.3 is 9.80 Å². The Morgan fingerprint density at radius 1 is 0.926 bits per heavy atom. The lowest BCUT2D eigenvalue weighted by Crippen LogP contribution is -2.53. The number of amides is 1. The molecule has 5 nitrogen and oxygen atoms in total. The molecule has 4 rings (SSSR count). The molecule has 1 fully saturated rings. The van der Waals surface area contributed by atoms with Crippen molar-refractivity contribution in [3.05, 3.63) is 65.5 Å². The van der Waals surface area contributed by atoms with Crippen molar-refractivity contribution >= 4 is 17.6 Å². The zero-order valence-corrected chi connectivity index (χ0v) is 15.4. The summed E-state index contributed by atoms with van der Waals surface area (Å²) in [5.74, 6) is 0.579. The Hall–Kier alpha value is -2.89. The van der Waals surface area contributed by atoms with Crippen molar-refractivity contribution in [2.45, 2.75) is 6.92 Å². The molecule has 2 aliphatic heterocycles. The highest BCUT2D eigenvalue weighted by atomic mass is 19.1. The molecule has 0 spiro atoms. The van der Waals surface area contributed by atoms with Gasteiger partial charge in [0.05, 0.1) is 6.54 Å². The summed E-state index contributed by atoms with van der Waals surface area (Å²) in [6.07, 6.45) is 0. The quantitative estimate of drug-likeness (QED) is 0.820. The van der Waals surface area contributed by atoms with Gasteiger partial charge in [0.25, 0.3) is 5.91 Å². The van der Waals surface area contributed by atoms with Crippen molar-refractivity contribution in [2.24, 2.45) is 4.99 Å². The van der Waals surface area contributed by atoms with Crippen LogP contribution in [0.1, 0.15) is 15.9 Å². The van der Waals surface area contributed by atoms with Gasteiger partial charge in [0, 0.05) is 44.0 Å². The van der Waals surface area contributed by atoms with E-state index in [1.807, 2.05) is 43.3 Å². The van der Waals surface area contributed by atoms with Crippen LogP contribution in [0, 0.1) is 12.7 Å². The van der Waals surface area contributed by atoms with Gasteiger partial charge in [0.2, 0.25) is 5.96 Å². The fourth-order valence-corrected chi connectivity index (χ4v) is 3.67. The summed E-state index contributed by atoms with van der Waals surface area (Å²) < 4.78 is 13.1. The first-order valence-corrected chi connectivity index (χ1v) is 9.31. The second-order valence-electron chi connectivity index (χ2n) is 6.90. The van der Waals surface area contributed by atoms with Crippen LogP contribution < -0.4 is 4.90 Å². The first-order chi connectivity index (χ1) is 13.1. The van der Waals surface area contributed by atoms with E-state index in [0.29, 0.717) is 13.1 Å². The summed E-state index contributed by atoms with van der Waals surface area (Å²) in [5, 5.41) is 0. The molecule has 0 bridgehead atoms. The molecule has 2 aromatic carbocycles. The summed E-state index contributed by atoms with van der Waals surface area (Å²) in [7, 11) is 0.